The summed E-state index contributed by atoms with van der Waals surface area (Å²) in [5, 5.41) is 5.54. The molecule has 0 fully saturated rings. The van der Waals surface area contributed by atoms with Gasteiger partial charge in [-0.25, -0.2) is 0 Å². The first-order valence-electron chi connectivity index (χ1n) is 26.1. The van der Waals surface area contributed by atoms with Gasteiger partial charge in [0, 0.05) is 33.9 Å². The highest BCUT2D eigenvalue weighted by atomic mass is 16.5. The highest BCUT2D eigenvalue weighted by molar-refractivity contribution is 6.41. The summed E-state index contributed by atoms with van der Waals surface area (Å²) in [6.45, 7) is 11.7. The number of carbonyl (C=O) groups is 6. The molecule has 2 aliphatic heterocycles. The molecule has 2 atom stereocenters. The first-order valence-corrected chi connectivity index (χ1v) is 26.1. The molecule has 0 saturated heterocycles. The van der Waals surface area contributed by atoms with Gasteiger partial charge < -0.3 is 20.1 Å². The van der Waals surface area contributed by atoms with Gasteiger partial charge in [-0.05, 0) is 172 Å². The SMILES string of the molecule is COc1ccc(C(=O)C(C(=O)Nc2ccc(C)cc2)C(C(=O)Nc2cc(C)cc(C)c2)C(=O)c2ccccc2)cc1.COc1ccc(C2=C3C(=O)N(c4ccc(C)cc4)C(c4ccccc4)=C3C(=O)N2c2cc(C)cc(C)c2)cc1. The number of rotatable bonds is 15. The van der Waals surface area contributed by atoms with Crippen LogP contribution in [0.1, 0.15) is 65.2 Å². The summed E-state index contributed by atoms with van der Waals surface area (Å²) in [4.78, 5) is 88.2. The van der Waals surface area contributed by atoms with Gasteiger partial charge in [0.1, 0.15) is 23.3 Å². The van der Waals surface area contributed by atoms with Crippen molar-refractivity contribution in [2.24, 2.45) is 11.8 Å². The Hall–Kier alpha value is -9.94. The molecule has 0 radical (unpaired) electrons. The quantitative estimate of drug-likeness (QED) is 0.0761. The molecule has 12 heteroatoms. The van der Waals surface area contributed by atoms with Gasteiger partial charge in [0.05, 0.1) is 36.8 Å². The Labute approximate surface area is 466 Å². The number of fused-ring (bicyclic) bond motifs is 1. The first kappa shape index (κ1) is 54.8. The van der Waals surface area contributed by atoms with Crippen molar-refractivity contribution in [3.63, 3.8) is 0 Å². The molecule has 2 N–H and O–H groups in total. The summed E-state index contributed by atoms with van der Waals surface area (Å²) >= 11 is 0. The lowest BCUT2D eigenvalue weighted by molar-refractivity contribution is -0.126. The van der Waals surface area contributed by atoms with Crippen LogP contribution >= 0.6 is 0 Å². The van der Waals surface area contributed by atoms with E-state index in [1.807, 2.05) is 151 Å². The van der Waals surface area contributed by atoms with Crippen molar-refractivity contribution in [2.45, 2.75) is 41.5 Å². The molecule has 2 heterocycles. The second-order valence-electron chi connectivity index (χ2n) is 20.0. The summed E-state index contributed by atoms with van der Waals surface area (Å²) in [7, 11) is 3.12. The number of nitrogens with zero attached hydrogens (tertiary/aromatic N) is 2. The van der Waals surface area contributed by atoms with Crippen LogP contribution < -0.4 is 29.9 Å². The van der Waals surface area contributed by atoms with Crippen LogP contribution in [0, 0.1) is 53.4 Å². The topological polar surface area (TPSA) is 151 Å². The number of ketones is 2. The van der Waals surface area contributed by atoms with Gasteiger partial charge in [0.25, 0.3) is 11.8 Å². The van der Waals surface area contributed by atoms with Crippen molar-refractivity contribution in [3.8, 4) is 11.5 Å². The Morgan fingerprint density at radius 1 is 0.388 bits per heavy atom. The highest BCUT2D eigenvalue weighted by Gasteiger charge is 2.50. The molecule has 0 bridgehead atoms. The minimum absolute atomic E-state index is 0.167. The van der Waals surface area contributed by atoms with E-state index in [1.54, 1.807) is 83.6 Å². The smallest absolute Gasteiger partial charge is 0.265 e. The van der Waals surface area contributed by atoms with Crippen molar-refractivity contribution in [2.75, 3.05) is 34.7 Å². The largest absolute Gasteiger partial charge is 0.497 e. The fraction of sp³-hybridized carbons (Fsp3) is 0.147. The van der Waals surface area contributed by atoms with Crippen LogP contribution in [-0.2, 0) is 19.2 Å². The Bertz CT molecular complexity index is 3700. The highest BCUT2D eigenvalue weighted by Crippen LogP contribution is 2.50. The Kier molecular flexibility index (Phi) is 16.3. The standard InChI is InChI=1S/C34H32N2O5.C34H28N2O3/c1-21-10-14-26(15-11-21)35-33(39)30(32(38)25-12-16-28(41-4)17-13-25)29(31(37)24-8-6-5-7-9-24)34(40)36-27-19-22(2)18-23(3)20-27;1-21-10-14-26(15-11-21)35-31(24-8-6-5-7-9-24)29-30(33(35)37)32(25-12-16-28(39-4)17-13-25)36(34(29)38)27-19-22(2)18-23(3)20-27/h5-20,29-30H,1-4H3,(H,35,39)(H,36,40);5-20H,1-4H3. The maximum atomic E-state index is 14.5. The van der Waals surface area contributed by atoms with E-state index in [0.29, 0.717) is 45.4 Å². The van der Waals surface area contributed by atoms with Crippen molar-refractivity contribution < 1.29 is 38.2 Å². The molecule has 2 aliphatic rings. The predicted molar refractivity (Wildman–Crippen MR) is 315 cm³/mol. The zero-order valence-electron chi connectivity index (χ0n) is 45.8. The summed E-state index contributed by atoms with van der Waals surface area (Å²) in [6.07, 6.45) is 0. The summed E-state index contributed by atoms with van der Waals surface area (Å²) in [5.74, 6) is -5.36. The number of ether oxygens (including phenoxy) is 2. The second-order valence-corrected chi connectivity index (χ2v) is 20.0. The van der Waals surface area contributed by atoms with Crippen LogP contribution in [0.4, 0.5) is 22.7 Å². The fourth-order valence-electron chi connectivity index (χ4n) is 10.1. The minimum atomic E-state index is -1.66. The maximum absolute atomic E-state index is 14.5. The van der Waals surface area contributed by atoms with E-state index in [4.69, 9.17) is 9.47 Å². The fourth-order valence-corrected chi connectivity index (χ4v) is 10.1. The molecule has 4 amide bonds. The molecule has 10 rings (SSSR count). The third-order valence-corrected chi connectivity index (χ3v) is 13.9. The van der Waals surface area contributed by atoms with Crippen LogP contribution in [0.3, 0.4) is 0 Å². The number of amides is 4. The number of methoxy groups -OCH3 is 2. The van der Waals surface area contributed by atoms with Crippen LogP contribution in [-0.4, -0.2) is 49.4 Å². The Morgan fingerprint density at radius 3 is 1.25 bits per heavy atom. The van der Waals surface area contributed by atoms with Crippen molar-refractivity contribution >= 4 is 69.3 Å². The average molecular weight is 1060 g/mol. The van der Waals surface area contributed by atoms with E-state index >= 15 is 0 Å². The van der Waals surface area contributed by atoms with E-state index in [0.717, 1.165) is 55.9 Å². The lowest BCUT2D eigenvalue weighted by Gasteiger charge is -2.26. The molecule has 80 heavy (non-hydrogen) atoms. The molecule has 0 spiro atoms. The molecule has 0 saturated carbocycles. The summed E-state index contributed by atoms with van der Waals surface area (Å²) < 4.78 is 10.6. The molecule has 8 aromatic carbocycles. The number of aryl methyl sites for hydroxylation is 6. The molecule has 8 aromatic rings. The molecule has 400 valence electrons. The number of hydrogen-bond acceptors (Lipinski definition) is 8. The lowest BCUT2D eigenvalue weighted by atomic mass is 9.79. The van der Waals surface area contributed by atoms with Gasteiger partial charge in [0.2, 0.25) is 11.8 Å². The van der Waals surface area contributed by atoms with Crippen molar-refractivity contribution in [3.05, 3.63) is 261 Å². The Morgan fingerprint density at radius 2 is 0.775 bits per heavy atom. The van der Waals surface area contributed by atoms with Gasteiger partial charge in [-0.3, -0.25) is 38.6 Å². The molecule has 0 aromatic heterocycles. The minimum Gasteiger partial charge on any atom is -0.497 e. The van der Waals surface area contributed by atoms with Crippen LogP contribution in [0.15, 0.2) is 205 Å². The predicted octanol–water partition coefficient (Wildman–Crippen LogP) is 13.0. The number of hydrogen-bond donors (Lipinski definition) is 2. The number of anilines is 4. The zero-order chi connectivity index (χ0) is 56.8. The number of Topliss-reactive ketones (excluding diaryl/α,β-unsaturated/α-hetero) is 2. The Balaban J connectivity index is 0.000000194. The van der Waals surface area contributed by atoms with Crippen molar-refractivity contribution in [1.82, 2.24) is 0 Å². The maximum Gasteiger partial charge on any atom is 0.265 e. The van der Waals surface area contributed by atoms with Crippen LogP contribution in [0.25, 0.3) is 11.4 Å². The van der Waals surface area contributed by atoms with Gasteiger partial charge in [-0.15, -0.1) is 0 Å². The second kappa shape index (κ2) is 23.7. The lowest BCUT2D eigenvalue weighted by Crippen LogP contribution is -2.45. The third kappa shape index (κ3) is 11.7. The monoisotopic (exact) mass is 1060 g/mol. The number of nitrogens with one attached hydrogen (secondary N) is 2. The molecule has 0 aliphatic carbocycles. The zero-order valence-corrected chi connectivity index (χ0v) is 45.8. The van der Waals surface area contributed by atoms with Crippen LogP contribution in [0.2, 0.25) is 0 Å². The van der Waals surface area contributed by atoms with Gasteiger partial charge >= 0.3 is 0 Å². The molecular formula is C68H60N4O8. The van der Waals surface area contributed by atoms with E-state index in [-0.39, 0.29) is 22.9 Å². The van der Waals surface area contributed by atoms with E-state index < -0.39 is 35.2 Å². The van der Waals surface area contributed by atoms with Gasteiger partial charge in [0.15, 0.2) is 11.6 Å². The van der Waals surface area contributed by atoms with Gasteiger partial charge in [-0.1, -0.05) is 108 Å². The summed E-state index contributed by atoms with van der Waals surface area (Å²) in [6, 6.07) is 57.9. The number of benzene rings is 8. The van der Waals surface area contributed by atoms with E-state index in [2.05, 4.69) is 16.7 Å². The normalized spacial score (nSPS) is 13.5. The average Bonchev–Trinajstić information content (AvgIpc) is 4.11. The molecule has 12 nitrogen and oxygen atoms in total. The summed E-state index contributed by atoms with van der Waals surface area (Å²) in [5.41, 5.74) is 12.3. The first-order chi connectivity index (χ1) is 38.5. The number of carbonyl (C=O) groups excluding carboxylic acids is 6. The van der Waals surface area contributed by atoms with E-state index in [9.17, 15) is 28.8 Å². The molecular weight excluding hydrogens is 1000 g/mol. The third-order valence-electron chi connectivity index (χ3n) is 13.9. The van der Waals surface area contributed by atoms with Gasteiger partial charge in [-0.2, -0.15) is 0 Å². The van der Waals surface area contributed by atoms with E-state index in [1.165, 1.54) is 19.2 Å². The van der Waals surface area contributed by atoms with Crippen LogP contribution in [0.5, 0.6) is 11.5 Å². The molecule has 2 unspecified atom stereocenters. The van der Waals surface area contributed by atoms with Crippen molar-refractivity contribution in [1.29, 1.82) is 0 Å².